The van der Waals surface area contributed by atoms with Gasteiger partial charge in [0, 0.05) is 22.8 Å². The Morgan fingerprint density at radius 1 is 1.08 bits per heavy atom. The highest BCUT2D eigenvalue weighted by molar-refractivity contribution is 5.88. The van der Waals surface area contributed by atoms with E-state index in [0.29, 0.717) is 0 Å². The molecule has 0 amide bonds. The molecule has 2 heterocycles. The number of rotatable bonds is 3. The fraction of sp³-hybridized carbons (Fsp3) is 0.304. The van der Waals surface area contributed by atoms with Crippen LogP contribution < -0.4 is 9.80 Å². The number of aromatic nitrogens is 1. The van der Waals surface area contributed by atoms with E-state index in [4.69, 9.17) is 0 Å². The molecule has 0 fully saturated rings. The highest BCUT2D eigenvalue weighted by Gasteiger charge is 2.31. The predicted molar refractivity (Wildman–Crippen MR) is 112 cm³/mol. The van der Waals surface area contributed by atoms with Crippen molar-refractivity contribution in [3.05, 3.63) is 71.1 Å². The van der Waals surface area contributed by atoms with Gasteiger partial charge in [0.15, 0.2) is 0 Å². The van der Waals surface area contributed by atoms with Gasteiger partial charge in [-0.15, -0.1) is 0 Å². The van der Waals surface area contributed by atoms with E-state index in [9.17, 15) is 0 Å². The number of hydrogen-bond acceptors (Lipinski definition) is 2. The first-order chi connectivity index (χ1) is 12.4. The molecule has 0 spiro atoms. The molecule has 0 aliphatic carbocycles. The van der Waals surface area contributed by atoms with Crippen molar-refractivity contribution < 1.29 is 0 Å². The van der Waals surface area contributed by atoms with E-state index in [2.05, 4.69) is 92.5 Å². The Bertz CT molecular complexity index is 1010. The zero-order valence-electron chi connectivity index (χ0n) is 16.4. The first-order valence-electron chi connectivity index (χ1n) is 9.26. The zero-order chi connectivity index (χ0) is 18.6. The third-order valence-corrected chi connectivity index (χ3v) is 5.81. The molecule has 3 heteroatoms. The van der Waals surface area contributed by atoms with Crippen LogP contribution in [-0.2, 0) is 0 Å². The number of anilines is 2. The fourth-order valence-electron chi connectivity index (χ4n) is 4.09. The van der Waals surface area contributed by atoms with Crippen molar-refractivity contribution in [2.75, 3.05) is 16.5 Å². The van der Waals surface area contributed by atoms with Crippen molar-refractivity contribution in [2.24, 2.45) is 0 Å². The van der Waals surface area contributed by atoms with Gasteiger partial charge in [-0.2, -0.15) is 0 Å². The number of allylic oxidation sites excluding steroid dienone is 1. The smallest absolute Gasteiger partial charge is 0.0955 e. The lowest BCUT2D eigenvalue weighted by atomic mass is 10.0. The van der Waals surface area contributed by atoms with Gasteiger partial charge in [-0.1, -0.05) is 18.7 Å². The summed E-state index contributed by atoms with van der Waals surface area (Å²) in [7, 11) is 0. The highest BCUT2D eigenvalue weighted by Crippen LogP contribution is 2.44. The van der Waals surface area contributed by atoms with Crippen LogP contribution in [0.3, 0.4) is 0 Å². The van der Waals surface area contributed by atoms with Gasteiger partial charge >= 0.3 is 0 Å². The molecule has 1 aliphatic rings. The van der Waals surface area contributed by atoms with E-state index in [0.717, 1.165) is 12.4 Å². The Labute approximate surface area is 155 Å². The van der Waals surface area contributed by atoms with Crippen molar-refractivity contribution in [1.29, 1.82) is 0 Å². The Hall–Kier alpha value is -2.68. The van der Waals surface area contributed by atoms with Gasteiger partial charge < -0.3 is 14.8 Å². The van der Waals surface area contributed by atoms with E-state index in [1.807, 2.05) is 0 Å². The van der Waals surface area contributed by atoms with Crippen LogP contribution >= 0.6 is 0 Å². The molecule has 1 atom stereocenters. The van der Waals surface area contributed by atoms with Gasteiger partial charge in [0.1, 0.15) is 0 Å². The van der Waals surface area contributed by atoms with Crippen LogP contribution in [-0.4, -0.2) is 11.7 Å². The minimum Gasteiger partial charge on any atom is -0.361 e. The number of benzene rings is 2. The topological polar surface area (TPSA) is 22.3 Å². The Balaban J connectivity index is 1.83. The second kappa shape index (κ2) is 5.94. The van der Waals surface area contributed by atoms with Crippen molar-refractivity contribution in [3.63, 3.8) is 0 Å². The van der Waals surface area contributed by atoms with Gasteiger partial charge in [-0.25, -0.2) is 0 Å². The number of nitrogens with one attached hydrogen (secondary N) is 1. The summed E-state index contributed by atoms with van der Waals surface area (Å²) in [5, 5.41) is 1.35. The number of hydrogen-bond donors (Lipinski definition) is 1. The largest absolute Gasteiger partial charge is 0.361 e. The van der Waals surface area contributed by atoms with Crippen molar-refractivity contribution in [2.45, 2.75) is 40.7 Å². The predicted octanol–water partition coefficient (Wildman–Crippen LogP) is 5.97. The second-order valence-electron chi connectivity index (χ2n) is 7.62. The number of fused-ring (bicyclic) bond motifs is 2. The lowest BCUT2D eigenvalue weighted by Gasteiger charge is -2.28. The van der Waals surface area contributed by atoms with Crippen molar-refractivity contribution in [3.8, 4) is 0 Å². The highest BCUT2D eigenvalue weighted by atomic mass is 15.4. The van der Waals surface area contributed by atoms with Gasteiger partial charge in [-0.3, -0.25) is 0 Å². The summed E-state index contributed by atoms with van der Waals surface area (Å²) in [5.41, 5.74) is 10.2. The standard InChI is InChI=1S/C23H27N3/c1-14(2)25-13-26(22-11-17(5)16(4)10-21(22)25)18(6)19-12-24-20-9-7-8-15(3)23(19)20/h7-12,18,24H,1,13H2,2-6H3. The van der Waals surface area contributed by atoms with Crippen LogP contribution in [0.5, 0.6) is 0 Å². The molecular formula is C23H27N3. The first-order valence-corrected chi connectivity index (χ1v) is 9.26. The Morgan fingerprint density at radius 2 is 1.77 bits per heavy atom. The van der Waals surface area contributed by atoms with Crippen LogP contribution in [0.25, 0.3) is 10.9 Å². The van der Waals surface area contributed by atoms with Crippen LogP contribution in [0.4, 0.5) is 11.4 Å². The monoisotopic (exact) mass is 345 g/mol. The maximum absolute atomic E-state index is 4.20. The summed E-state index contributed by atoms with van der Waals surface area (Å²) < 4.78 is 0. The summed E-state index contributed by atoms with van der Waals surface area (Å²) >= 11 is 0. The molecule has 3 aromatic rings. The van der Waals surface area contributed by atoms with E-state index in [-0.39, 0.29) is 6.04 Å². The Kier molecular flexibility index (Phi) is 3.83. The zero-order valence-corrected chi connectivity index (χ0v) is 16.4. The summed E-state index contributed by atoms with van der Waals surface area (Å²) in [6.07, 6.45) is 2.17. The number of H-pyrrole nitrogens is 1. The lowest BCUT2D eigenvalue weighted by Crippen LogP contribution is -2.31. The molecule has 3 nitrogen and oxygen atoms in total. The molecule has 0 saturated carbocycles. The van der Waals surface area contributed by atoms with Gasteiger partial charge in [0.05, 0.1) is 24.1 Å². The van der Waals surface area contributed by atoms with Gasteiger partial charge in [0.2, 0.25) is 0 Å². The van der Waals surface area contributed by atoms with E-state index in [1.54, 1.807) is 0 Å². The normalized spacial score (nSPS) is 14.8. The molecule has 1 aliphatic heterocycles. The Morgan fingerprint density at radius 3 is 2.46 bits per heavy atom. The molecule has 4 rings (SSSR count). The molecule has 1 N–H and O–H groups in total. The molecular weight excluding hydrogens is 318 g/mol. The molecule has 134 valence electrons. The van der Waals surface area contributed by atoms with E-state index >= 15 is 0 Å². The SMILES string of the molecule is C=C(C)N1CN(C(C)c2c[nH]c3cccc(C)c23)c2cc(C)c(C)cc21. The van der Waals surface area contributed by atoms with Gasteiger partial charge in [-0.05, 0) is 75.1 Å². The molecule has 2 aromatic carbocycles. The fourth-order valence-corrected chi connectivity index (χ4v) is 4.09. The molecule has 0 bridgehead atoms. The van der Waals surface area contributed by atoms with Crippen molar-refractivity contribution >= 4 is 22.3 Å². The van der Waals surface area contributed by atoms with Crippen LogP contribution in [0, 0.1) is 20.8 Å². The summed E-state index contributed by atoms with van der Waals surface area (Å²) in [6, 6.07) is 11.4. The molecule has 0 saturated heterocycles. The van der Waals surface area contributed by atoms with Gasteiger partial charge in [0.25, 0.3) is 0 Å². The second-order valence-corrected chi connectivity index (χ2v) is 7.62. The number of nitrogens with zero attached hydrogens (tertiary/aromatic N) is 2. The third-order valence-electron chi connectivity index (χ3n) is 5.81. The third kappa shape index (κ3) is 2.42. The lowest BCUT2D eigenvalue weighted by molar-refractivity contribution is 0.693. The number of aryl methyl sites for hydroxylation is 3. The minimum atomic E-state index is 0.273. The molecule has 0 radical (unpaired) electrons. The summed E-state index contributed by atoms with van der Waals surface area (Å²) in [6.45, 7) is 16.0. The quantitative estimate of drug-likeness (QED) is 0.631. The maximum atomic E-state index is 4.20. The first kappa shape index (κ1) is 16.8. The van der Waals surface area contributed by atoms with Crippen LogP contribution in [0.1, 0.15) is 42.1 Å². The van der Waals surface area contributed by atoms with Crippen LogP contribution in [0.15, 0.2) is 48.8 Å². The van der Waals surface area contributed by atoms with Crippen molar-refractivity contribution in [1.82, 2.24) is 4.98 Å². The molecule has 1 aromatic heterocycles. The van der Waals surface area contributed by atoms with E-state index in [1.165, 1.54) is 44.5 Å². The molecule has 1 unspecified atom stereocenters. The van der Waals surface area contributed by atoms with E-state index < -0.39 is 0 Å². The summed E-state index contributed by atoms with van der Waals surface area (Å²) in [4.78, 5) is 8.26. The minimum absolute atomic E-state index is 0.273. The van der Waals surface area contributed by atoms with Crippen LogP contribution in [0.2, 0.25) is 0 Å². The molecule has 26 heavy (non-hydrogen) atoms. The average Bonchev–Trinajstić information content (AvgIpc) is 3.17. The summed E-state index contributed by atoms with van der Waals surface area (Å²) in [5.74, 6) is 0. The number of aromatic amines is 1. The average molecular weight is 345 g/mol. The maximum Gasteiger partial charge on any atom is 0.0955 e.